The summed E-state index contributed by atoms with van der Waals surface area (Å²) in [5.41, 5.74) is 2.15. The maximum absolute atomic E-state index is 11.5. The van der Waals surface area contributed by atoms with Gasteiger partial charge >= 0.3 is 0 Å². The number of benzene rings is 1. The van der Waals surface area contributed by atoms with E-state index in [1.807, 2.05) is 0 Å². The van der Waals surface area contributed by atoms with Gasteiger partial charge in [-0.1, -0.05) is 51.8 Å². The van der Waals surface area contributed by atoms with E-state index in [2.05, 4.69) is 50.4 Å². The second-order valence-corrected chi connectivity index (χ2v) is 7.71. The maximum atomic E-state index is 11.5. The first-order chi connectivity index (χ1) is 9.41. The number of fused-ring (bicyclic) bond motifs is 1. The molecule has 1 aromatic carbocycles. The number of aliphatic hydroxyl groups is 1. The van der Waals surface area contributed by atoms with Crippen LogP contribution in [0.4, 0.5) is 5.69 Å². The molecule has 2 aliphatic rings. The van der Waals surface area contributed by atoms with Crippen LogP contribution >= 0.6 is 0 Å². The van der Waals surface area contributed by atoms with Crippen LogP contribution in [0.15, 0.2) is 24.3 Å². The highest BCUT2D eigenvalue weighted by Gasteiger charge is 2.50. The zero-order valence-electron chi connectivity index (χ0n) is 12.9. The Morgan fingerprint density at radius 1 is 1.20 bits per heavy atom. The first-order valence-electron chi connectivity index (χ1n) is 7.98. The van der Waals surface area contributed by atoms with Crippen molar-refractivity contribution in [3.05, 3.63) is 29.8 Å². The lowest BCUT2D eigenvalue weighted by atomic mass is 9.61. The van der Waals surface area contributed by atoms with Gasteiger partial charge < -0.3 is 10.4 Å². The highest BCUT2D eigenvalue weighted by atomic mass is 16.3. The van der Waals surface area contributed by atoms with E-state index in [0.717, 1.165) is 25.7 Å². The summed E-state index contributed by atoms with van der Waals surface area (Å²) in [5, 5.41) is 15.1. The summed E-state index contributed by atoms with van der Waals surface area (Å²) in [6, 6.07) is 8.65. The van der Waals surface area contributed by atoms with Crippen molar-refractivity contribution in [3.8, 4) is 0 Å². The normalized spacial score (nSPS) is 33.6. The minimum atomic E-state index is -0.574. The van der Waals surface area contributed by atoms with Crippen molar-refractivity contribution in [2.75, 3.05) is 5.32 Å². The van der Waals surface area contributed by atoms with E-state index in [1.54, 1.807) is 0 Å². The van der Waals surface area contributed by atoms with Gasteiger partial charge in [0.05, 0.1) is 11.6 Å². The van der Waals surface area contributed by atoms with Crippen LogP contribution in [-0.2, 0) is 6.42 Å². The quantitative estimate of drug-likeness (QED) is 0.811. The average Bonchev–Trinajstić information content (AvgIpc) is 2.82. The van der Waals surface area contributed by atoms with Crippen LogP contribution in [0.25, 0.3) is 0 Å². The van der Waals surface area contributed by atoms with E-state index in [-0.39, 0.29) is 11.5 Å². The van der Waals surface area contributed by atoms with Crippen molar-refractivity contribution in [1.82, 2.24) is 0 Å². The molecular weight excluding hydrogens is 246 g/mol. The lowest BCUT2D eigenvalue weighted by Crippen LogP contribution is -2.56. The van der Waals surface area contributed by atoms with E-state index < -0.39 is 5.60 Å². The standard InChI is InChI=1S/C18H27NO/c1-17(2,3)15-10-6-7-11-18(15,20)16-12-13-8-4-5-9-14(13)19-16/h4-5,8-9,15-16,19-20H,6-7,10-12H2,1-3H3. The number of hydrogen-bond acceptors (Lipinski definition) is 2. The van der Waals surface area contributed by atoms with Crippen LogP contribution < -0.4 is 5.32 Å². The molecular formula is C18H27NO. The lowest BCUT2D eigenvalue weighted by molar-refractivity contribution is -0.100. The highest BCUT2D eigenvalue weighted by Crippen LogP contribution is 2.48. The Balaban J connectivity index is 1.88. The zero-order chi connectivity index (χ0) is 14.4. The molecule has 0 radical (unpaired) electrons. The van der Waals surface area contributed by atoms with Gasteiger partial charge in [-0.2, -0.15) is 0 Å². The monoisotopic (exact) mass is 273 g/mol. The molecule has 1 aliphatic carbocycles. The van der Waals surface area contributed by atoms with Crippen molar-refractivity contribution >= 4 is 5.69 Å². The first kappa shape index (κ1) is 13.9. The molecule has 0 amide bonds. The minimum absolute atomic E-state index is 0.158. The summed E-state index contributed by atoms with van der Waals surface area (Å²) in [4.78, 5) is 0. The number of rotatable bonds is 1. The molecule has 3 unspecified atom stereocenters. The fourth-order valence-corrected chi connectivity index (χ4v) is 4.38. The third-order valence-corrected chi connectivity index (χ3v) is 5.34. The van der Waals surface area contributed by atoms with Crippen LogP contribution in [0.2, 0.25) is 0 Å². The van der Waals surface area contributed by atoms with Gasteiger partial charge in [0.25, 0.3) is 0 Å². The Labute approximate surface area is 122 Å². The van der Waals surface area contributed by atoms with Gasteiger partial charge in [0, 0.05) is 5.69 Å². The molecule has 110 valence electrons. The molecule has 1 aromatic rings. The summed E-state index contributed by atoms with van der Waals surface area (Å²) in [7, 11) is 0. The second-order valence-electron chi connectivity index (χ2n) is 7.71. The molecule has 2 N–H and O–H groups in total. The molecule has 0 aromatic heterocycles. The van der Waals surface area contributed by atoms with E-state index in [1.165, 1.54) is 17.7 Å². The highest BCUT2D eigenvalue weighted by molar-refractivity contribution is 5.57. The van der Waals surface area contributed by atoms with Crippen LogP contribution in [0.1, 0.15) is 52.0 Å². The topological polar surface area (TPSA) is 32.3 Å². The Morgan fingerprint density at radius 3 is 2.65 bits per heavy atom. The maximum Gasteiger partial charge on any atom is 0.0883 e. The zero-order valence-corrected chi connectivity index (χ0v) is 12.9. The molecule has 0 saturated heterocycles. The predicted octanol–water partition coefficient (Wildman–Crippen LogP) is 3.99. The lowest BCUT2D eigenvalue weighted by Gasteiger charge is -2.50. The van der Waals surface area contributed by atoms with E-state index >= 15 is 0 Å². The number of nitrogens with one attached hydrogen (secondary N) is 1. The third kappa shape index (κ3) is 2.24. The van der Waals surface area contributed by atoms with Gasteiger partial charge in [-0.25, -0.2) is 0 Å². The van der Waals surface area contributed by atoms with Crippen molar-refractivity contribution in [3.63, 3.8) is 0 Å². The van der Waals surface area contributed by atoms with Crippen LogP contribution in [0.5, 0.6) is 0 Å². The molecule has 1 heterocycles. The van der Waals surface area contributed by atoms with Crippen molar-refractivity contribution in [1.29, 1.82) is 0 Å². The molecule has 1 aliphatic heterocycles. The summed E-state index contributed by atoms with van der Waals surface area (Å²) >= 11 is 0. The number of para-hydroxylation sites is 1. The molecule has 20 heavy (non-hydrogen) atoms. The summed E-state index contributed by atoms with van der Waals surface area (Å²) in [6.07, 6.45) is 5.44. The van der Waals surface area contributed by atoms with Gasteiger partial charge in [0.1, 0.15) is 0 Å². The van der Waals surface area contributed by atoms with E-state index in [4.69, 9.17) is 0 Å². The Hall–Kier alpha value is -1.02. The fraction of sp³-hybridized carbons (Fsp3) is 0.667. The van der Waals surface area contributed by atoms with Crippen LogP contribution in [0.3, 0.4) is 0 Å². The van der Waals surface area contributed by atoms with Gasteiger partial charge in [0.15, 0.2) is 0 Å². The van der Waals surface area contributed by atoms with Gasteiger partial charge in [-0.3, -0.25) is 0 Å². The minimum Gasteiger partial charge on any atom is -0.387 e. The number of hydrogen-bond donors (Lipinski definition) is 2. The van der Waals surface area contributed by atoms with Crippen molar-refractivity contribution in [2.45, 2.75) is 64.5 Å². The molecule has 2 nitrogen and oxygen atoms in total. The molecule has 0 bridgehead atoms. The van der Waals surface area contributed by atoms with Gasteiger partial charge in [-0.15, -0.1) is 0 Å². The molecule has 2 heteroatoms. The molecule has 3 rings (SSSR count). The van der Waals surface area contributed by atoms with Crippen LogP contribution in [-0.4, -0.2) is 16.7 Å². The van der Waals surface area contributed by atoms with Crippen molar-refractivity contribution in [2.24, 2.45) is 11.3 Å². The fourth-order valence-electron chi connectivity index (χ4n) is 4.38. The first-order valence-corrected chi connectivity index (χ1v) is 7.98. The third-order valence-electron chi connectivity index (χ3n) is 5.34. The second kappa shape index (κ2) is 4.77. The van der Waals surface area contributed by atoms with E-state index in [9.17, 15) is 5.11 Å². The molecule has 1 saturated carbocycles. The molecule has 0 spiro atoms. The van der Waals surface area contributed by atoms with Gasteiger partial charge in [0.2, 0.25) is 0 Å². The SMILES string of the molecule is CC(C)(C)C1CCCCC1(O)C1Cc2ccccc2N1. The average molecular weight is 273 g/mol. The largest absolute Gasteiger partial charge is 0.387 e. The summed E-state index contributed by atoms with van der Waals surface area (Å²) < 4.78 is 0. The smallest absolute Gasteiger partial charge is 0.0883 e. The Kier molecular flexibility index (Phi) is 3.32. The number of anilines is 1. The Bertz CT molecular complexity index is 465. The summed E-state index contributed by atoms with van der Waals surface area (Å²) in [5.74, 6) is 0.371. The van der Waals surface area contributed by atoms with Crippen LogP contribution in [0, 0.1) is 11.3 Å². The predicted molar refractivity (Wildman–Crippen MR) is 83.9 cm³/mol. The molecule has 1 fully saturated rings. The Morgan fingerprint density at radius 2 is 1.95 bits per heavy atom. The molecule has 3 atom stereocenters. The summed E-state index contributed by atoms with van der Waals surface area (Å²) in [6.45, 7) is 6.82. The van der Waals surface area contributed by atoms with Crippen molar-refractivity contribution < 1.29 is 5.11 Å². The van der Waals surface area contributed by atoms with E-state index in [0.29, 0.717) is 5.92 Å². The van der Waals surface area contributed by atoms with Gasteiger partial charge in [-0.05, 0) is 42.2 Å².